The summed E-state index contributed by atoms with van der Waals surface area (Å²) in [5.74, 6) is 1.65. The number of likely N-dealkylation sites (N-methyl/N-ethyl adjacent to an activating group) is 1. The average molecular weight is 261 g/mol. The van der Waals surface area contributed by atoms with Gasteiger partial charge in [-0.25, -0.2) is 0 Å². The maximum Gasteiger partial charge on any atom is 0.180 e. The third-order valence-corrected chi connectivity index (χ3v) is 3.69. The van der Waals surface area contributed by atoms with Crippen molar-refractivity contribution in [3.63, 3.8) is 0 Å². The second-order valence-electron chi connectivity index (χ2n) is 5.40. The number of hydrogen-bond donors (Lipinski definition) is 0. The molecule has 0 unspecified atom stereocenters. The number of nitrogens with zero attached hydrogens (tertiary/aromatic N) is 1. The van der Waals surface area contributed by atoms with Gasteiger partial charge < -0.3 is 4.74 Å². The number of rotatable bonds is 7. The number of ketones is 1. The molecule has 1 aromatic rings. The van der Waals surface area contributed by atoms with Crippen LogP contribution in [0, 0.1) is 12.8 Å². The molecule has 19 heavy (non-hydrogen) atoms. The smallest absolute Gasteiger partial charge is 0.180 e. The van der Waals surface area contributed by atoms with E-state index in [-0.39, 0.29) is 5.78 Å². The molecular formula is C16H23NO2. The molecule has 1 fully saturated rings. The summed E-state index contributed by atoms with van der Waals surface area (Å²) >= 11 is 0. The maximum atomic E-state index is 12.4. The Balaban J connectivity index is 2.05. The number of methoxy groups -OCH3 is 1. The first-order valence-corrected chi connectivity index (χ1v) is 7.04. The summed E-state index contributed by atoms with van der Waals surface area (Å²) < 4.78 is 5.32. The predicted molar refractivity (Wildman–Crippen MR) is 76.9 cm³/mol. The quantitative estimate of drug-likeness (QED) is 0.707. The first-order chi connectivity index (χ1) is 9.13. The zero-order chi connectivity index (χ0) is 13.8. The number of ether oxygens (including phenoxy) is 1. The number of carbonyl (C=O) groups excluding carboxylic acids is 1. The lowest BCUT2D eigenvalue weighted by molar-refractivity contribution is 0.0928. The van der Waals surface area contributed by atoms with Crippen LogP contribution in [0.2, 0.25) is 0 Å². The Bertz CT molecular complexity index is 452. The van der Waals surface area contributed by atoms with E-state index in [0.29, 0.717) is 17.9 Å². The van der Waals surface area contributed by atoms with E-state index in [9.17, 15) is 4.79 Å². The molecule has 0 aromatic heterocycles. The lowest BCUT2D eigenvalue weighted by atomic mass is 10.1. The largest absolute Gasteiger partial charge is 0.496 e. The van der Waals surface area contributed by atoms with Gasteiger partial charge in [0.2, 0.25) is 0 Å². The van der Waals surface area contributed by atoms with E-state index in [2.05, 4.69) is 11.8 Å². The molecule has 0 radical (unpaired) electrons. The van der Waals surface area contributed by atoms with Crippen molar-refractivity contribution in [2.24, 2.45) is 5.92 Å². The number of benzene rings is 1. The van der Waals surface area contributed by atoms with Gasteiger partial charge >= 0.3 is 0 Å². The number of hydrogen-bond acceptors (Lipinski definition) is 3. The van der Waals surface area contributed by atoms with E-state index >= 15 is 0 Å². The van der Waals surface area contributed by atoms with Gasteiger partial charge in [0, 0.05) is 6.54 Å². The number of aryl methyl sites for hydroxylation is 1. The van der Waals surface area contributed by atoms with Crippen LogP contribution in [0.1, 0.15) is 35.7 Å². The minimum atomic E-state index is 0.152. The van der Waals surface area contributed by atoms with E-state index in [4.69, 9.17) is 4.74 Å². The Morgan fingerprint density at radius 2 is 2.16 bits per heavy atom. The summed E-state index contributed by atoms with van der Waals surface area (Å²) in [6.45, 7) is 6.59. The van der Waals surface area contributed by atoms with Crippen molar-refractivity contribution in [2.75, 3.05) is 26.7 Å². The molecule has 0 spiro atoms. The van der Waals surface area contributed by atoms with Gasteiger partial charge in [-0.2, -0.15) is 0 Å². The van der Waals surface area contributed by atoms with Gasteiger partial charge in [-0.05, 0) is 49.9 Å². The zero-order valence-electron chi connectivity index (χ0n) is 12.1. The van der Waals surface area contributed by atoms with Gasteiger partial charge in [0.05, 0.1) is 19.2 Å². The molecule has 0 N–H and O–H groups in total. The van der Waals surface area contributed by atoms with Crippen LogP contribution in [0.5, 0.6) is 5.75 Å². The fraction of sp³-hybridized carbons (Fsp3) is 0.562. The van der Waals surface area contributed by atoms with Crippen LogP contribution in [0.3, 0.4) is 0 Å². The maximum absolute atomic E-state index is 12.4. The zero-order valence-corrected chi connectivity index (χ0v) is 12.1. The third-order valence-electron chi connectivity index (χ3n) is 3.69. The van der Waals surface area contributed by atoms with Gasteiger partial charge in [0.15, 0.2) is 5.78 Å². The van der Waals surface area contributed by atoms with E-state index in [1.54, 1.807) is 7.11 Å². The van der Waals surface area contributed by atoms with Crippen molar-refractivity contribution in [3.05, 3.63) is 29.3 Å². The van der Waals surface area contributed by atoms with E-state index in [0.717, 1.165) is 24.6 Å². The highest BCUT2D eigenvalue weighted by atomic mass is 16.5. The van der Waals surface area contributed by atoms with Crippen LogP contribution in [-0.2, 0) is 0 Å². The normalized spacial score (nSPS) is 14.7. The SMILES string of the molecule is CCN(CC(=O)c1ccc(C)cc1OC)CC1CC1. The van der Waals surface area contributed by atoms with Crippen LogP contribution in [-0.4, -0.2) is 37.4 Å². The molecule has 3 nitrogen and oxygen atoms in total. The van der Waals surface area contributed by atoms with Crippen LogP contribution < -0.4 is 4.74 Å². The number of Topliss-reactive ketones (excluding diaryl/α,β-unsaturated/α-hetero) is 1. The molecule has 104 valence electrons. The summed E-state index contributed by atoms with van der Waals surface area (Å²) in [5.41, 5.74) is 1.81. The van der Waals surface area contributed by atoms with Crippen LogP contribution in [0.15, 0.2) is 18.2 Å². The summed E-state index contributed by atoms with van der Waals surface area (Å²) in [7, 11) is 1.62. The predicted octanol–water partition coefficient (Wildman–Crippen LogP) is 2.92. The highest BCUT2D eigenvalue weighted by Crippen LogP contribution is 2.30. The van der Waals surface area contributed by atoms with Gasteiger partial charge in [-0.1, -0.05) is 13.0 Å². The lowest BCUT2D eigenvalue weighted by Crippen LogP contribution is -2.31. The van der Waals surface area contributed by atoms with Crippen molar-refractivity contribution in [1.29, 1.82) is 0 Å². The summed E-state index contributed by atoms with van der Waals surface area (Å²) in [4.78, 5) is 14.6. The van der Waals surface area contributed by atoms with Gasteiger partial charge in [0.1, 0.15) is 5.75 Å². The summed E-state index contributed by atoms with van der Waals surface area (Å²) in [6.07, 6.45) is 2.64. The molecule has 1 aliphatic rings. The minimum absolute atomic E-state index is 0.152. The van der Waals surface area contributed by atoms with Crippen molar-refractivity contribution in [2.45, 2.75) is 26.7 Å². The Morgan fingerprint density at radius 1 is 1.42 bits per heavy atom. The molecule has 0 bridgehead atoms. The molecule has 1 aliphatic carbocycles. The molecule has 1 aromatic carbocycles. The Morgan fingerprint density at radius 3 is 2.74 bits per heavy atom. The Hall–Kier alpha value is -1.35. The summed E-state index contributed by atoms with van der Waals surface area (Å²) in [6, 6.07) is 5.76. The van der Waals surface area contributed by atoms with Crippen molar-refractivity contribution in [3.8, 4) is 5.75 Å². The van der Waals surface area contributed by atoms with Gasteiger partial charge in [-0.15, -0.1) is 0 Å². The fourth-order valence-corrected chi connectivity index (χ4v) is 2.29. The third kappa shape index (κ3) is 3.80. The molecule has 3 heteroatoms. The van der Waals surface area contributed by atoms with Crippen molar-refractivity contribution < 1.29 is 9.53 Å². The van der Waals surface area contributed by atoms with Crippen LogP contribution >= 0.6 is 0 Å². The van der Waals surface area contributed by atoms with E-state index in [1.807, 2.05) is 25.1 Å². The first-order valence-electron chi connectivity index (χ1n) is 7.04. The first kappa shape index (κ1) is 14.1. The van der Waals surface area contributed by atoms with E-state index in [1.165, 1.54) is 12.8 Å². The molecule has 0 amide bonds. The molecule has 0 aliphatic heterocycles. The second kappa shape index (κ2) is 6.20. The van der Waals surface area contributed by atoms with Crippen LogP contribution in [0.25, 0.3) is 0 Å². The minimum Gasteiger partial charge on any atom is -0.496 e. The van der Waals surface area contributed by atoms with Crippen molar-refractivity contribution in [1.82, 2.24) is 4.90 Å². The Kier molecular flexibility index (Phi) is 4.59. The topological polar surface area (TPSA) is 29.5 Å². The average Bonchev–Trinajstić information content (AvgIpc) is 3.21. The van der Waals surface area contributed by atoms with E-state index < -0.39 is 0 Å². The van der Waals surface area contributed by atoms with Gasteiger partial charge in [0.25, 0.3) is 0 Å². The Labute approximate surface area is 115 Å². The van der Waals surface area contributed by atoms with Crippen molar-refractivity contribution >= 4 is 5.78 Å². The highest BCUT2D eigenvalue weighted by Gasteiger charge is 2.25. The molecular weight excluding hydrogens is 238 g/mol. The number of carbonyl (C=O) groups is 1. The standard InChI is InChI=1S/C16H23NO2/c1-4-17(10-13-6-7-13)11-15(18)14-8-5-12(2)9-16(14)19-3/h5,8-9,13H,4,6-7,10-11H2,1-3H3. The van der Waals surface area contributed by atoms with Gasteiger partial charge in [-0.3, -0.25) is 9.69 Å². The monoisotopic (exact) mass is 261 g/mol. The molecule has 0 atom stereocenters. The molecule has 0 saturated heterocycles. The second-order valence-corrected chi connectivity index (χ2v) is 5.40. The van der Waals surface area contributed by atoms with Crippen LogP contribution in [0.4, 0.5) is 0 Å². The lowest BCUT2D eigenvalue weighted by Gasteiger charge is -2.19. The summed E-state index contributed by atoms with van der Waals surface area (Å²) in [5, 5.41) is 0. The molecule has 1 saturated carbocycles. The molecule has 0 heterocycles. The fourth-order valence-electron chi connectivity index (χ4n) is 2.29. The highest BCUT2D eigenvalue weighted by molar-refractivity contribution is 6.00. The molecule has 2 rings (SSSR count).